The molecule has 5 nitrogen and oxygen atoms in total. The van der Waals surface area contributed by atoms with Gasteiger partial charge in [-0.3, -0.25) is 4.79 Å². The number of halogens is 1. The van der Waals surface area contributed by atoms with Gasteiger partial charge in [-0.2, -0.15) is 4.31 Å². The molecule has 0 saturated carbocycles. The first-order valence-electron chi connectivity index (χ1n) is 6.35. The minimum absolute atomic E-state index is 0.108. The van der Waals surface area contributed by atoms with E-state index in [0.717, 1.165) is 13.1 Å². The summed E-state index contributed by atoms with van der Waals surface area (Å²) in [7, 11) is -1.47. The minimum Gasteiger partial charge on any atom is -0.304 e. The predicted molar refractivity (Wildman–Crippen MR) is 77.3 cm³/mol. The van der Waals surface area contributed by atoms with Crippen LogP contribution in [0.2, 0.25) is 0 Å². The fourth-order valence-corrected chi connectivity index (χ4v) is 3.69. The molecule has 0 atom stereocenters. The Labute approximate surface area is 124 Å². The Morgan fingerprint density at radius 3 is 2.20 bits per heavy atom. The molecule has 1 heterocycles. The molecule has 7 heteroatoms. The normalized spacial score (nSPS) is 18.1. The van der Waals surface area contributed by atoms with E-state index in [1.807, 2.05) is 7.05 Å². The Morgan fingerprint density at radius 1 is 1.15 bits per heavy atom. The first kappa shape index (κ1) is 15.4. The summed E-state index contributed by atoms with van der Waals surface area (Å²) in [6.07, 6.45) is 0.108. The first-order valence-corrected chi connectivity index (χ1v) is 8.17. The number of carbonyl (C=O) groups excluding carboxylic acids is 1. The monoisotopic (exact) mass is 316 g/mol. The van der Waals surface area contributed by atoms with E-state index in [-0.39, 0.29) is 11.3 Å². The molecule has 0 N–H and O–H groups in total. The summed E-state index contributed by atoms with van der Waals surface area (Å²) in [5.74, 6) is 0. The molecule has 2 rings (SSSR count). The van der Waals surface area contributed by atoms with Crippen LogP contribution in [0.1, 0.15) is 5.56 Å². The molecular formula is C13H17ClN2O3S. The van der Waals surface area contributed by atoms with Crippen LogP contribution in [0.15, 0.2) is 29.2 Å². The highest BCUT2D eigenvalue weighted by molar-refractivity contribution is 7.89. The molecule has 20 heavy (non-hydrogen) atoms. The molecule has 0 unspecified atom stereocenters. The number of likely N-dealkylation sites (N-methyl/N-ethyl adjacent to an activating group) is 1. The number of hydrogen-bond donors (Lipinski definition) is 0. The van der Waals surface area contributed by atoms with E-state index in [9.17, 15) is 13.2 Å². The molecule has 0 radical (unpaired) electrons. The Balaban J connectivity index is 2.15. The summed E-state index contributed by atoms with van der Waals surface area (Å²) in [6, 6.07) is 6.32. The van der Waals surface area contributed by atoms with Crippen molar-refractivity contribution >= 4 is 26.9 Å². The number of rotatable bonds is 4. The maximum atomic E-state index is 12.4. The number of benzene rings is 1. The Hall–Kier alpha value is -0.950. The molecule has 0 aromatic heterocycles. The SMILES string of the molecule is CN1CCN(S(=O)(=O)c2ccc(CC(=O)Cl)cc2)CC1. The Bertz CT molecular complexity index is 578. The van der Waals surface area contributed by atoms with E-state index >= 15 is 0 Å². The van der Waals surface area contributed by atoms with Gasteiger partial charge in [0.1, 0.15) is 0 Å². The van der Waals surface area contributed by atoms with Crippen molar-refractivity contribution in [2.24, 2.45) is 0 Å². The van der Waals surface area contributed by atoms with Crippen LogP contribution < -0.4 is 0 Å². The average Bonchev–Trinajstić information content (AvgIpc) is 2.39. The van der Waals surface area contributed by atoms with Crippen LogP contribution in [0.25, 0.3) is 0 Å². The van der Waals surface area contributed by atoms with E-state index in [1.54, 1.807) is 12.1 Å². The standard InChI is InChI=1S/C13H17ClN2O3S/c1-15-6-8-16(9-7-15)20(18,19)12-4-2-11(3-5-12)10-13(14)17/h2-5H,6-10H2,1H3. The second-order valence-electron chi connectivity index (χ2n) is 4.88. The number of carbonyl (C=O) groups is 1. The maximum Gasteiger partial charge on any atom is 0.243 e. The van der Waals surface area contributed by atoms with Crippen LogP contribution in [-0.2, 0) is 21.2 Å². The van der Waals surface area contributed by atoms with Crippen LogP contribution in [0.5, 0.6) is 0 Å². The van der Waals surface area contributed by atoms with Gasteiger partial charge in [-0.15, -0.1) is 0 Å². The van der Waals surface area contributed by atoms with Gasteiger partial charge in [0, 0.05) is 32.6 Å². The molecular weight excluding hydrogens is 300 g/mol. The lowest BCUT2D eigenvalue weighted by Crippen LogP contribution is -2.46. The van der Waals surface area contributed by atoms with Gasteiger partial charge < -0.3 is 4.90 Å². The summed E-state index contributed by atoms with van der Waals surface area (Å²) in [4.78, 5) is 13.2. The minimum atomic E-state index is -3.44. The quantitative estimate of drug-likeness (QED) is 0.776. The molecule has 1 fully saturated rings. The van der Waals surface area contributed by atoms with Crippen LogP contribution in [0, 0.1) is 0 Å². The summed E-state index contributed by atoms with van der Waals surface area (Å²) >= 11 is 5.31. The molecule has 0 aliphatic carbocycles. The zero-order valence-electron chi connectivity index (χ0n) is 11.3. The number of hydrogen-bond acceptors (Lipinski definition) is 4. The Morgan fingerprint density at radius 2 is 1.70 bits per heavy atom. The van der Waals surface area contributed by atoms with E-state index < -0.39 is 15.3 Å². The van der Waals surface area contributed by atoms with Crippen molar-refractivity contribution in [1.82, 2.24) is 9.21 Å². The van der Waals surface area contributed by atoms with Crippen molar-refractivity contribution in [2.75, 3.05) is 33.2 Å². The third-order valence-electron chi connectivity index (χ3n) is 3.37. The molecule has 1 aliphatic heterocycles. The molecule has 1 aromatic rings. The molecule has 1 aliphatic rings. The van der Waals surface area contributed by atoms with Crippen molar-refractivity contribution in [3.05, 3.63) is 29.8 Å². The molecule has 0 amide bonds. The average molecular weight is 317 g/mol. The lowest BCUT2D eigenvalue weighted by molar-refractivity contribution is -0.111. The molecule has 0 bridgehead atoms. The maximum absolute atomic E-state index is 12.4. The molecule has 110 valence electrons. The van der Waals surface area contributed by atoms with Gasteiger partial charge in [0.15, 0.2) is 0 Å². The number of piperazine rings is 1. The number of nitrogens with zero attached hydrogens (tertiary/aromatic N) is 2. The lowest BCUT2D eigenvalue weighted by atomic mass is 10.2. The highest BCUT2D eigenvalue weighted by Gasteiger charge is 2.27. The van der Waals surface area contributed by atoms with Crippen LogP contribution >= 0.6 is 11.6 Å². The second-order valence-corrected chi connectivity index (χ2v) is 7.24. The van der Waals surface area contributed by atoms with Crippen molar-refractivity contribution < 1.29 is 13.2 Å². The van der Waals surface area contributed by atoms with Gasteiger partial charge in [0.05, 0.1) is 4.90 Å². The van der Waals surface area contributed by atoms with Crippen molar-refractivity contribution in [3.63, 3.8) is 0 Å². The predicted octanol–water partition coefficient (Wildman–Crippen LogP) is 0.931. The molecule has 0 spiro atoms. The molecule has 1 saturated heterocycles. The van der Waals surface area contributed by atoms with Gasteiger partial charge in [-0.1, -0.05) is 12.1 Å². The van der Waals surface area contributed by atoms with E-state index in [2.05, 4.69) is 4.90 Å². The highest BCUT2D eigenvalue weighted by Crippen LogP contribution is 2.18. The lowest BCUT2D eigenvalue weighted by Gasteiger charge is -2.31. The second kappa shape index (κ2) is 6.22. The Kier molecular flexibility index (Phi) is 4.80. The van der Waals surface area contributed by atoms with E-state index in [0.29, 0.717) is 18.7 Å². The van der Waals surface area contributed by atoms with Gasteiger partial charge in [0.2, 0.25) is 15.3 Å². The van der Waals surface area contributed by atoms with Gasteiger partial charge in [0.25, 0.3) is 0 Å². The number of sulfonamides is 1. The van der Waals surface area contributed by atoms with Crippen molar-refractivity contribution in [2.45, 2.75) is 11.3 Å². The van der Waals surface area contributed by atoms with Crippen LogP contribution in [-0.4, -0.2) is 56.1 Å². The van der Waals surface area contributed by atoms with Crippen LogP contribution in [0.3, 0.4) is 0 Å². The topological polar surface area (TPSA) is 57.7 Å². The molecule has 1 aromatic carbocycles. The zero-order chi connectivity index (χ0) is 14.8. The summed E-state index contributed by atoms with van der Waals surface area (Å²) in [6.45, 7) is 2.47. The largest absolute Gasteiger partial charge is 0.304 e. The fraction of sp³-hybridized carbons (Fsp3) is 0.462. The third-order valence-corrected chi connectivity index (χ3v) is 5.41. The van der Waals surface area contributed by atoms with Gasteiger partial charge in [-0.25, -0.2) is 8.42 Å². The highest BCUT2D eigenvalue weighted by atomic mass is 35.5. The van der Waals surface area contributed by atoms with E-state index in [1.165, 1.54) is 16.4 Å². The summed E-state index contributed by atoms with van der Waals surface area (Å²) < 4.78 is 26.4. The van der Waals surface area contributed by atoms with Gasteiger partial charge in [-0.05, 0) is 36.3 Å². The van der Waals surface area contributed by atoms with Crippen molar-refractivity contribution in [1.29, 1.82) is 0 Å². The van der Waals surface area contributed by atoms with E-state index in [4.69, 9.17) is 11.6 Å². The van der Waals surface area contributed by atoms with Crippen LogP contribution in [0.4, 0.5) is 0 Å². The van der Waals surface area contributed by atoms with Gasteiger partial charge >= 0.3 is 0 Å². The fourth-order valence-electron chi connectivity index (χ4n) is 2.12. The van der Waals surface area contributed by atoms with Crippen molar-refractivity contribution in [3.8, 4) is 0 Å². The zero-order valence-corrected chi connectivity index (χ0v) is 12.8. The summed E-state index contributed by atoms with van der Waals surface area (Å²) in [5, 5.41) is -0.459. The smallest absolute Gasteiger partial charge is 0.243 e. The summed E-state index contributed by atoms with van der Waals surface area (Å²) in [5.41, 5.74) is 0.710. The third kappa shape index (κ3) is 3.58. The first-order chi connectivity index (χ1) is 9.39.